The van der Waals surface area contributed by atoms with E-state index in [-0.39, 0.29) is 5.69 Å². The molecule has 0 aromatic heterocycles. The molecule has 0 bridgehead atoms. The summed E-state index contributed by atoms with van der Waals surface area (Å²) in [7, 11) is -4.08. The van der Waals surface area contributed by atoms with Crippen molar-refractivity contribution in [3.8, 4) is 0 Å². The molecule has 1 N–H and O–H groups in total. The highest BCUT2D eigenvalue weighted by Crippen LogP contribution is 2.37. The zero-order chi connectivity index (χ0) is 22.0. The van der Waals surface area contributed by atoms with E-state index in [2.05, 4.69) is 5.32 Å². The van der Waals surface area contributed by atoms with Crippen LogP contribution in [0.15, 0.2) is 42.5 Å². The van der Waals surface area contributed by atoms with Gasteiger partial charge in [-0.2, -0.15) is 13.2 Å². The summed E-state index contributed by atoms with van der Waals surface area (Å²) in [5.74, 6) is -0.681. The minimum atomic E-state index is -4.78. The minimum absolute atomic E-state index is 0.310. The predicted molar refractivity (Wildman–Crippen MR) is 108 cm³/mol. The lowest BCUT2D eigenvalue weighted by Crippen LogP contribution is -2.45. The fourth-order valence-electron chi connectivity index (χ4n) is 2.86. The highest BCUT2D eigenvalue weighted by Gasteiger charge is 2.36. The van der Waals surface area contributed by atoms with Crippen molar-refractivity contribution in [2.45, 2.75) is 32.5 Å². The largest absolute Gasteiger partial charge is 0.417 e. The Hall–Kier alpha value is -2.26. The highest BCUT2D eigenvalue weighted by atomic mass is 35.5. The molecular formula is C19H20ClF3N2O3S. The molecule has 2 aromatic carbocycles. The van der Waals surface area contributed by atoms with Gasteiger partial charge in [-0.15, -0.1) is 0 Å². The Morgan fingerprint density at radius 1 is 1.21 bits per heavy atom. The quantitative estimate of drug-likeness (QED) is 0.695. The third kappa shape index (κ3) is 5.42. The number of sulfonamides is 1. The Morgan fingerprint density at radius 2 is 1.83 bits per heavy atom. The van der Waals surface area contributed by atoms with Crippen LogP contribution in [-0.2, 0) is 27.4 Å². The number of benzene rings is 2. The summed E-state index contributed by atoms with van der Waals surface area (Å²) in [5.41, 5.74) is -0.151. The highest BCUT2D eigenvalue weighted by molar-refractivity contribution is 7.92. The van der Waals surface area contributed by atoms with Crippen molar-refractivity contribution in [3.05, 3.63) is 58.6 Å². The van der Waals surface area contributed by atoms with Gasteiger partial charge < -0.3 is 5.32 Å². The summed E-state index contributed by atoms with van der Waals surface area (Å²) in [6, 6.07) is 8.37. The van der Waals surface area contributed by atoms with Crippen molar-refractivity contribution in [3.63, 3.8) is 0 Å². The molecule has 10 heteroatoms. The van der Waals surface area contributed by atoms with Crippen LogP contribution in [0.4, 0.5) is 24.5 Å². The fraction of sp³-hybridized carbons (Fsp3) is 0.316. The summed E-state index contributed by atoms with van der Waals surface area (Å²) >= 11 is 5.62. The van der Waals surface area contributed by atoms with E-state index < -0.39 is 38.7 Å². The van der Waals surface area contributed by atoms with E-state index in [0.717, 1.165) is 24.0 Å². The maximum Gasteiger partial charge on any atom is 0.417 e. The van der Waals surface area contributed by atoms with E-state index in [1.807, 2.05) is 13.0 Å². The molecule has 2 aromatic rings. The number of hydrogen-bond donors (Lipinski definition) is 1. The van der Waals surface area contributed by atoms with E-state index in [1.165, 1.54) is 6.92 Å². The lowest BCUT2D eigenvalue weighted by molar-refractivity contribution is -0.137. The molecule has 0 fully saturated rings. The lowest BCUT2D eigenvalue weighted by Gasteiger charge is -2.29. The summed E-state index contributed by atoms with van der Waals surface area (Å²) in [6.45, 7) is 3.19. The van der Waals surface area contributed by atoms with Gasteiger partial charge in [-0.25, -0.2) is 8.42 Å². The van der Waals surface area contributed by atoms with E-state index in [0.29, 0.717) is 22.5 Å². The van der Waals surface area contributed by atoms with Crippen molar-refractivity contribution >= 4 is 38.9 Å². The molecule has 1 amide bonds. The molecule has 2 rings (SSSR count). The van der Waals surface area contributed by atoms with Gasteiger partial charge in [-0.3, -0.25) is 9.10 Å². The molecule has 158 valence electrons. The van der Waals surface area contributed by atoms with Crippen LogP contribution in [-0.4, -0.2) is 26.6 Å². The van der Waals surface area contributed by atoms with Gasteiger partial charge in [-0.1, -0.05) is 36.7 Å². The first-order valence-electron chi connectivity index (χ1n) is 8.61. The number of aryl methyl sites for hydroxylation is 1. The molecule has 0 radical (unpaired) electrons. The van der Waals surface area contributed by atoms with Crippen molar-refractivity contribution < 1.29 is 26.4 Å². The fourth-order valence-corrected chi connectivity index (χ4v) is 4.26. The van der Waals surface area contributed by atoms with E-state index >= 15 is 0 Å². The van der Waals surface area contributed by atoms with Gasteiger partial charge in [0.25, 0.3) is 0 Å². The van der Waals surface area contributed by atoms with Crippen LogP contribution >= 0.6 is 11.6 Å². The number of carbonyl (C=O) groups excluding carboxylic acids is 1. The first-order chi connectivity index (χ1) is 13.4. The third-order valence-corrected chi connectivity index (χ3v) is 5.83. The number of hydrogen-bond acceptors (Lipinski definition) is 3. The number of carbonyl (C=O) groups is 1. The van der Waals surface area contributed by atoms with E-state index in [4.69, 9.17) is 11.6 Å². The molecule has 0 saturated heterocycles. The van der Waals surface area contributed by atoms with Gasteiger partial charge in [0, 0.05) is 5.69 Å². The first kappa shape index (κ1) is 23.0. The molecule has 5 nitrogen and oxygen atoms in total. The van der Waals surface area contributed by atoms with Gasteiger partial charge in [-0.05, 0) is 43.2 Å². The summed E-state index contributed by atoms with van der Waals surface area (Å²) in [4.78, 5) is 12.7. The van der Waals surface area contributed by atoms with Crippen LogP contribution in [0.25, 0.3) is 0 Å². The number of halogens is 4. The summed E-state index contributed by atoms with van der Waals surface area (Å²) in [5, 5.41) is 2.08. The average Bonchev–Trinajstić information content (AvgIpc) is 2.61. The van der Waals surface area contributed by atoms with Crippen molar-refractivity contribution in [1.82, 2.24) is 0 Å². The summed E-state index contributed by atoms with van der Waals surface area (Å²) in [6.07, 6.45) is -3.33. The Bertz CT molecular complexity index is 1010. The van der Waals surface area contributed by atoms with Gasteiger partial charge in [0.1, 0.15) is 6.04 Å². The van der Waals surface area contributed by atoms with Crippen LogP contribution in [0.1, 0.15) is 25.0 Å². The molecule has 0 aliphatic carbocycles. The predicted octanol–water partition coefficient (Wildman–Crippen LogP) is 4.71. The second kappa shape index (κ2) is 8.62. The van der Waals surface area contributed by atoms with Crippen molar-refractivity contribution in [2.24, 2.45) is 0 Å². The molecule has 0 saturated carbocycles. The van der Waals surface area contributed by atoms with Gasteiger partial charge in [0.2, 0.25) is 15.9 Å². The topological polar surface area (TPSA) is 66.5 Å². The normalized spacial score (nSPS) is 13.1. The number of anilines is 2. The maximum absolute atomic E-state index is 13.2. The monoisotopic (exact) mass is 448 g/mol. The lowest BCUT2D eigenvalue weighted by atomic mass is 10.1. The van der Waals surface area contributed by atoms with Gasteiger partial charge in [0.05, 0.1) is 22.5 Å². The number of rotatable bonds is 6. The zero-order valence-corrected chi connectivity index (χ0v) is 17.5. The maximum atomic E-state index is 13.2. The first-order valence-corrected chi connectivity index (χ1v) is 10.8. The smallest absolute Gasteiger partial charge is 0.324 e. The number of amides is 1. The number of nitrogens with zero attached hydrogens (tertiary/aromatic N) is 1. The summed E-state index contributed by atoms with van der Waals surface area (Å²) < 4.78 is 64.9. The van der Waals surface area contributed by atoms with Gasteiger partial charge in [0.15, 0.2) is 0 Å². The third-order valence-electron chi connectivity index (χ3n) is 4.25. The SMILES string of the molecule is CCc1ccccc1NC(=O)[C@H](C)N(c1ccc(Cl)c(C(F)(F)F)c1)S(C)(=O)=O. The Kier molecular flexibility index (Phi) is 6.85. The number of nitrogens with one attached hydrogen (secondary N) is 1. The second-order valence-electron chi connectivity index (χ2n) is 6.40. The Balaban J connectivity index is 2.45. The average molecular weight is 449 g/mol. The molecule has 29 heavy (non-hydrogen) atoms. The Morgan fingerprint density at radius 3 is 2.38 bits per heavy atom. The van der Waals surface area contributed by atoms with Crippen molar-refractivity contribution in [1.29, 1.82) is 0 Å². The Labute approximate surface area is 172 Å². The van der Waals surface area contributed by atoms with Crippen LogP contribution in [0.5, 0.6) is 0 Å². The van der Waals surface area contributed by atoms with Crippen LogP contribution < -0.4 is 9.62 Å². The molecular weight excluding hydrogens is 429 g/mol. The molecule has 0 aliphatic heterocycles. The standard InChI is InChI=1S/C19H20ClF3N2O3S/c1-4-13-7-5-6-8-17(13)24-18(26)12(2)25(29(3,27)28)14-9-10-16(20)15(11-14)19(21,22)23/h5-12H,4H2,1-3H3,(H,24,26)/t12-/m0/s1. The molecule has 0 aliphatic rings. The van der Waals surface area contributed by atoms with Crippen LogP contribution in [0.3, 0.4) is 0 Å². The van der Waals surface area contributed by atoms with E-state index in [1.54, 1.807) is 18.2 Å². The van der Waals surface area contributed by atoms with Crippen LogP contribution in [0.2, 0.25) is 5.02 Å². The molecule has 0 unspecified atom stereocenters. The van der Waals surface area contributed by atoms with Crippen LogP contribution in [0, 0.1) is 0 Å². The van der Waals surface area contributed by atoms with E-state index in [9.17, 15) is 26.4 Å². The zero-order valence-electron chi connectivity index (χ0n) is 15.9. The number of alkyl halides is 3. The molecule has 0 spiro atoms. The van der Waals surface area contributed by atoms with Crippen molar-refractivity contribution in [2.75, 3.05) is 15.9 Å². The second-order valence-corrected chi connectivity index (χ2v) is 8.66. The molecule has 0 heterocycles. The minimum Gasteiger partial charge on any atom is -0.324 e. The van der Waals surface area contributed by atoms with Gasteiger partial charge >= 0.3 is 6.18 Å². The molecule has 1 atom stereocenters. The number of para-hydroxylation sites is 1.